The van der Waals surface area contributed by atoms with Crippen molar-refractivity contribution in [2.75, 3.05) is 19.8 Å². The van der Waals surface area contributed by atoms with Crippen molar-refractivity contribution in [2.45, 2.75) is 92.1 Å². The molecule has 0 spiro atoms. The maximum Gasteiger partial charge on any atom is 0.402 e. The number of aromatic hydroxyl groups is 7. The van der Waals surface area contributed by atoms with Crippen LogP contribution in [0.1, 0.15) is 11.1 Å². The number of ether oxygens (including phenoxy) is 8. The molecule has 16 N–H and O–H groups in total. The van der Waals surface area contributed by atoms with Crippen LogP contribution in [0, 0.1) is 0 Å². The highest BCUT2D eigenvalue weighted by atomic mass is 16.8. The van der Waals surface area contributed by atoms with E-state index in [4.69, 9.17) is 42.3 Å². The lowest BCUT2D eigenvalue weighted by atomic mass is 9.97. The van der Waals surface area contributed by atoms with Crippen molar-refractivity contribution in [1.29, 1.82) is 0 Å². The van der Waals surface area contributed by atoms with E-state index in [1.165, 1.54) is 30.4 Å². The van der Waals surface area contributed by atoms with E-state index in [0.717, 1.165) is 66.7 Å². The highest BCUT2D eigenvalue weighted by molar-refractivity contribution is 5.89. The molecule has 3 aliphatic rings. The molecule has 0 radical (unpaired) electrons. The van der Waals surface area contributed by atoms with Crippen LogP contribution in [0.3, 0.4) is 0 Å². The minimum Gasteiger partial charge on any atom is -0.507 e. The molecule has 418 valence electrons. The first-order chi connectivity index (χ1) is 37.1. The standard InChI is InChI=1S/C51H52O27/c52-17-34-39(62)42(65)45(68)49(75-34)73-32-15-23(53)14-31-24(32)16-33(47(72-31)22-5-8-27(56)30(59)13-22)74-51-48(44(67)41(64)36(77-51)19-71-38(61)10-4-21-2-7-26(55)29(58)12-21)78-50-46(69)43(66)40(63)35(76-50)18-70-37(60)9-3-20-1-6-25(54)28(57)11-20/h1-16,34-36,39-46,48-52,62-69H,17-19H2,(H6-,53,54,55,56,57,58,59,60,61)/p+1/t34?,35?,36?,39-,40-,41-,42+,43?,44?,45?,46-,48?,49-,50+,51-/m1/s1. The first-order valence-corrected chi connectivity index (χ1v) is 23.5. The average molecular weight is 1100 g/mol. The van der Waals surface area contributed by atoms with E-state index in [1.807, 2.05) is 0 Å². The monoisotopic (exact) mass is 1100 g/mol. The Morgan fingerprint density at radius 3 is 1.54 bits per heavy atom. The summed E-state index contributed by atoms with van der Waals surface area (Å²) in [5.41, 5.74) is 0.231. The Morgan fingerprint density at radius 2 is 0.987 bits per heavy atom. The Bertz CT molecular complexity index is 3020. The molecule has 5 aromatic rings. The third-order valence-corrected chi connectivity index (χ3v) is 12.6. The molecule has 27 heteroatoms. The van der Waals surface area contributed by atoms with Crippen LogP contribution < -0.4 is 9.47 Å². The molecular formula is C51H53O27+. The number of benzene rings is 4. The maximum absolute atomic E-state index is 12.9. The predicted octanol–water partition coefficient (Wildman–Crippen LogP) is -0.970. The molecule has 4 aromatic carbocycles. The summed E-state index contributed by atoms with van der Waals surface area (Å²) >= 11 is 0. The molecule has 3 saturated heterocycles. The number of aliphatic hydroxyl groups is 9. The fourth-order valence-corrected chi connectivity index (χ4v) is 8.28. The van der Waals surface area contributed by atoms with Gasteiger partial charge in [-0.3, -0.25) is 0 Å². The molecule has 3 fully saturated rings. The molecule has 3 aliphatic heterocycles. The summed E-state index contributed by atoms with van der Waals surface area (Å²) in [4.78, 5) is 25.7. The Labute approximate surface area is 438 Å². The molecule has 0 bridgehead atoms. The summed E-state index contributed by atoms with van der Waals surface area (Å²) in [6.45, 7) is -2.48. The summed E-state index contributed by atoms with van der Waals surface area (Å²) in [7, 11) is 0. The van der Waals surface area contributed by atoms with Crippen LogP contribution in [0.5, 0.6) is 51.7 Å². The second-order valence-corrected chi connectivity index (χ2v) is 18.0. The molecule has 1 aromatic heterocycles. The smallest absolute Gasteiger partial charge is 0.402 e. The van der Waals surface area contributed by atoms with E-state index in [9.17, 15) is 91.3 Å². The maximum atomic E-state index is 12.9. The normalized spacial score (nSPS) is 29.4. The quantitative estimate of drug-likeness (QED) is 0.0245. The summed E-state index contributed by atoms with van der Waals surface area (Å²) in [5, 5.41) is 168. The van der Waals surface area contributed by atoms with Gasteiger partial charge in [-0.15, -0.1) is 0 Å². The molecule has 4 heterocycles. The number of phenolic OH excluding ortho intramolecular Hbond substituents is 7. The molecule has 0 saturated carbocycles. The minimum absolute atomic E-state index is 0.0633. The fourth-order valence-electron chi connectivity index (χ4n) is 8.28. The fraction of sp³-hybridized carbons (Fsp3) is 0.353. The number of carbonyl (C=O) groups excluding carboxylic acids is 2. The Morgan fingerprint density at radius 1 is 0.500 bits per heavy atom. The number of hydrogen-bond donors (Lipinski definition) is 16. The van der Waals surface area contributed by atoms with Crippen molar-refractivity contribution in [1.82, 2.24) is 0 Å². The van der Waals surface area contributed by atoms with E-state index in [0.29, 0.717) is 0 Å². The first-order valence-electron chi connectivity index (χ1n) is 23.5. The first kappa shape index (κ1) is 56.6. The van der Waals surface area contributed by atoms with E-state index < -0.39 is 170 Å². The van der Waals surface area contributed by atoms with Crippen LogP contribution in [0.2, 0.25) is 0 Å². The zero-order valence-electron chi connectivity index (χ0n) is 40.2. The van der Waals surface area contributed by atoms with E-state index >= 15 is 0 Å². The number of carbonyl (C=O) groups is 2. The molecule has 78 heavy (non-hydrogen) atoms. The summed E-state index contributed by atoms with van der Waals surface area (Å²) in [6, 6.07) is 13.9. The van der Waals surface area contributed by atoms with Crippen molar-refractivity contribution in [3.63, 3.8) is 0 Å². The van der Waals surface area contributed by atoms with E-state index in [2.05, 4.69) is 0 Å². The number of aliphatic hydroxyl groups excluding tert-OH is 9. The van der Waals surface area contributed by atoms with Gasteiger partial charge in [0.2, 0.25) is 18.3 Å². The van der Waals surface area contributed by atoms with Gasteiger partial charge in [0, 0.05) is 30.4 Å². The van der Waals surface area contributed by atoms with Gasteiger partial charge >= 0.3 is 23.3 Å². The van der Waals surface area contributed by atoms with Crippen molar-refractivity contribution in [3.8, 4) is 63.1 Å². The van der Waals surface area contributed by atoms with Crippen molar-refractivity contribution >= 4 is 35.1 Å². The summed E-state index contributed by atoms with van der Waals surface area (Å²) < 4.78 is 52.3. The van der Waals surface area contributed by atoms with Gasteiger partial charge in [-0.25, -0.2) is 14.0 Å². The van der Waals surface area contributed by atoms with Gasteiger partial charge in [0.1, 0.15) is 97.2 Å². The van der Waals surface area contributed by atoms with Crippen molar-refractivity contribution in [2.24, 2.45) is 0 Å². The molecular weight excluding hydrogens is 1040 g/mol. The molecule has 0 amide bonds. The molecule has 8 rings (SSSR count). The minimum atomic E-state index is -2.19. The Hall–Kier alpha value is -7.61. The lowest BCUT2D eigenvalue weighted by Gasteiger charge is -2.45. The van der Waals surface area contributed by atoms with Gasteiger partial charge in [-0.05, 0) is 59.7 Å². The zero-order chi connectivity index (χ0) is 56.3. The largest absolute Gasteiger partial charge is 0.507 e. The van der Waals surface area contributed by atoms with Crippen LogP contribution >= 0.6 is 0 Å². The lowest BCUT2D eigenvalue weighted by molar-refractivity contribution is -0.358. The van der Waals surface area contributed by atoms with Crippen LogP contribution in [0.4, 0.5) is 0 Å². The van der Waals surface area contributed by atoms with Crippen molar-refractivity contribution < 1.29 is 134 Å². The molecule has 7 unspecified atom stereocenters. The van der Waals surface area contributed by atoms with Gasteiger partial charge in [0.05, 0.1) is 18.2 Å². The SMILES string of the molecule is O=C(/C=C/c1ccc(O)c(O)c1)OCC1O[C@@H](Oc2cc3c(O[C@@H]4OC(CO)[C@@H](O)[C@H](O)C4O)cc(O)cc3[o+]c2-c2ccc(O)c(O)c2)C(O[C@@H]2OC(COC(=O)/C=C/c3ccc(O)c(O)c3)[C@@H](O)C(O)[C@H]2O)C(O)[C@@H]1O. The van der Waals surface area contributed by atoms with Crippen LogP contribution in [0.25, 0.3) is 34.4 Å². The van der Waals surface area contributed by atoms with Gasteiger partial charge in [0.15, 0.2) is 46.9 Å². The summed E-state index contributed by atoms with van der Waals surface area (Å²) in [6.07, 6.45) is -24.8. The van der Waals surface area contributed by atoms with Crippen LogP contribution in [-0.2, 0) is 38.0 Å². The second kappa shape index (κ2) is 24.0. The summed E-state index contributed by atoms with van der Waals surface area (Å²) in [5.74, 6) is -6.86. The number of rotatable bonds is 16. The third kappa shape index (κ3) is 12.5. The predicted molar refractivity (Wildman–Crippen MR) is 258 cm³/mol. The van der Waals surface area contributed by atoms with Crippen molar-refractivity contribution in [3.05, 3.63) is 96.1 Å². The third-order valence-electron chi connectivity index (χ3n) is 12.6. The second-order valence-electron chi connectivity index (χ2n) is 18.0. The van der Waals surface area contributed by atoms with Gasteiger partial charge in [-0.2, -0.15) is 0 Å². The van der Waals surface area contributed by atoms with Gasteiger partial charge < -0.3 is 120 Å². The van der Waals surface area contributed by atoms with Gasteiger partial charge in [-0.1, -0.05) is 12.1 Å². The van der Waals surface area contributed by atoms with E-state index in [1.54, 1.807) is 0 Å². The highest BCUT2D eigenvalue weighted by Crippen LogP contribution is 2.44. The lowest BCUT2D eigenvalue weighted by Crippen LogP contribution is -2.65. The Balaban J connectivity index is 1.13. The van der Waals surface area contributed by atoms with Gasteiger partial charge in [0.25, 0.3) is 0 Å². The number of fused-ring (bicyclic) bond motifs is 1. The number of esters is 2. The average Bonchev–Trinajstić information content (AvgIpc) is 3.44. The van der Waals surface area contributed by atoms with Crippen LogP contribution in [-0.4, -0.2) is 206 Å². The zero-order valence-corrected chi connectivity index (χ0v) is 40.2. The topological polar surface area (TPSA) is 443 Å². The molecule has 27 nitrogen and oxygen atoms in total. The Kier molecular flexibility index (Phi) is 17.4. The van der Waals surface area contributed by atoms with Crippen LogP contribution in [0.15, 0.2) is 89.4 Å². The highest BCUT2D eigenvalue weighted by Gasteiger charge is 2.53. The van der Waals surface area contributed by atoms with E-state index in [-0.39, 0.29) is 39.2 Å². The number of phenols is 7. The number of hydrogen-bond acceptors (Lipinski definition) is 26. The molecule has 15 atom stereocenters. The molecule has 0 aliphatic carbocycles.